The number of halogens is 1. The van der Waals surface area contributed by atoms with Crippen molar-refractivity contribution in [1.29, 1.82) is 0 Å². The third-order valence-electron chi connectivity index (χ3n) is 6.33. The van der Waals surface area contributed by atoms with Crippen LogP contribution in [-0.4, -0.2) is 62.6 Å². The van der Waals surface area contributed by atoms with E-state index in [1.165, 1.54) is 30.1 Å². The molecule has 1 N–H and O–H groups in total. The highest BCUT2D eigenvalue weighted by Crippen LogP contribution is 2.36. The molecular weight excluding hydrogens is 486 g/mol. The van der Waals surface area contributed by atoms with Gasteiger partial charge in [-0.05, 0) is 37.0 Å². The number of Topliss-reactive ketones (excluding diaryl/α,β-unsaturated/α-hetero) is 1. The summed E-state index contributed by atoms with van der Waals surface area (Å²) in [5.74, 6) is 0.310. The summed E-state index contributed by atoms with van der Waals surface area (Å²) in [7, 11) is 2.95. The molecule has 1 atom stereocenters. The van der Waals surface area contributed by atoms with Crippen LogP contribution in [0.4, 0.5) is 16.2 Å². The Balaban J connectivity index is 1.46. The van der Waals surface area contributed by atoms with Crippen molar-refractivity contribution in [2.24, 2.45) is 0 Å². The van der Waals surface area contributed by atoms with E-state index in [4.69, 9.17) is 25.8 Å². The number of nitrogens with one attached hydrogen (secondary N) is 1. The van der Waals surface area contributed by atoms with Crippen molar-refractivity contribution in [1.82, 2.24) is 4.90 Å². The number of benzene rings is 2. The van der Waals surface area contributed by atoms with E-state index in [-0.39, 0.29) is 25.0 Å². The second kappa shape index (κ2) is 11.6. The summed E-state index contributed by atoms with van der Waals surface area (Å²) in [4.78, 5) is 41.9. The zero-order chi connectivity index (χ0) is 25.7. The summed E-state index contributed by atoms with van der Waals surface area (Å²) >= 11 is 6.22. The number of fused-ring (bicyclic) bond motifs is 1. The van der Waals surface area contributed by atoms with Crippen LogP contribution in [0.2, 0.25) is 5.02 Å². The number of anilines is 2. The molecule has 2 aromatic carbocycles. The van der Waals surface area contributed by atoms with Crippen molar-refractivity contribution < 1.29 is 28.6 Å². The highest BCUT2D eigenvalue weighted by Gasteiger charge is 2.33. The number of amides is 3. The third kappa shape index (κ3) is 5.91. The minimum absolute atomic E-state index is 0.0140. The lowest BCUT2D eigenvalue weighted by Crippen LogP contribution is -2.51. The topological polar surface area (TPSA) is 97.4 Å². The molecule has 2 heterocycles. The largest absolute Gasteiger partial charge is 0.495 e. The van der Waals surface area contributed by atoms with Crippen molar-refractivity contribution in [3.63, 3.8) is 0 Å². The molecule has 1 saturated heterocycles. The summed E-state index contributed by atoms with van der Waals surface area (Å²) in [5.41, 5.74) is 1.86. The molecular formula is C26H30ClN3O6. The Hall–Kier alpha value is -3.30. The molecule has 1 unspecified atom stereocenters. The summed E-state index contributed by atoms with van der Waals surface area (Å²) in [6.45, 7) is 0.787. The van der Waals surface area contributed by atoms with Gasteiger partial charge in [-0.2, -0.15) is 0 Å². The Morgan fingerprint density at radius 2 is 1.92 bits per heavy atom. The van der Waals surface area contributed by atoms with Crippen LogP contribution in [0.5, 0.6) is 11.5 Å². The number of para-hydroxylation sites is 1. The molecule has 0 bridgehead atoms. The van der Waals surface area contributed by atoms with E-state index in [1.54, 1.807) is 12.1 Å². The Labute approximate surface area is 215 Å². The SMILES string of the molecule is COc1cc(OC)c(NC(=O)CN2C(=O)N(CC(=O)CCC3CCCO3)Cc3ccccc32)cc1Cl. The van der Waals surface area contributed by atoms with Crippen LogP contribution in [0, 0.1) is 0 Å². The van der Waals surface area contributed by atoms with Gasteiger partial charge in [0.05, 0.1) is 43.3 Å². The lowest BCUT2D eigenvalue weighted by atomic mass is 10.1. The Kier molecular flexibility index (Phi) is 8.32. The van der Waals surface area contributed by atoms with Crippen LogP contribution in [0.3, 0.4) is 0 Å². The highest BCUT2D eigenvalue weighted by molar-refractivity contribution is 6.32. The number of ether oxygens (including phenoxy) is 3. The molecule has 1 fully saturated rings. The number of ketones is 1. The first-order chi connectivity index (χ1) is 17.4. The van der Waals surface area contributed by atoms with Crippen molar-refractivity contribution >= 4 is 40.7 Å². The maximum atomic E-state index is 13.4. The van der Waals surface area contributed by atoms with Crippen LogP contribution in [0.15, 0.2) is 36.4 Å². The number of carbonyl (C=O) groups is 3. The fourth-order valence-electron chi connectivity index (χ4n) is 4.51. The molecule has 2 aliphatic heterocycles. The number of hydrogen-bond acceptors (Lipinski definition) is 6. The van der Waals surface area contributed by atoms with E-state index < -0.39 is 11.9 Å². The number of rotatable bonds is 10. The van der Waals surface area contributed by atoms with Gasteiger partial charge in [0.25, 0.3) is 0 Å². The molecule has 36 heavy (non-hydrogen) atoms. The molecule has 0 aliphatic carbocycles. The van der Waals surface area contributed by atoms with Gasteiger partial charge < -0.3 is 24.4 Å². The van der Waals surface area contributed by atoms with Gasteiger partial charge in [-0.3, -0.25) is 14.5 Å². The first-order valence-electron chi connectivity index (χ1n) is 11.9. The maximum absolute atomic E-state index is 13.4. The zero-order valence-electron chi connectivity index (χ0n) is 20.4. The number of urea groups is 1. The fraction of sp³-hybridized carbons (Fsp3) is 0.423. The smallest absolute Gasteiger partial charge is 0.325 e. The molecule has 0 aromatic heterocycles. The minimum Gasteiger partial charge on any atom is -0.495 e. The molecule has 0 spiro atoms. The first-order valence-corrected chi connectivity index (χ1v) is 12.3. The summed E-state index contributed by atoms with van der Waals surface area (Å²) in [6, 6.07) is 10.1. The molecule has 2 aliphatic rings. The van der Waals surface area contributed by atoms with Crippen LogP contribution in [-0.2, 0) is 20.9 Å². The average molecular weight is 516 g/mol. The van der Waals surface area contributed by atoms with E-state index in [0.29, 0.717) is 47.3 Å². The second-order valence-electron chi connectivity index (χ2n) is 8.80. The summed E-state index contributed by atoms with van der Waals surface area (Å²) in [5, 5.41) is 3.07. The van der Waals surface area contributed by atoms with Crippen LogP contribution in [0.25, 0.3) is 0 Å². The van der Waals surface area contributed by atoms with Crippen molar-refractivity contribution in [3.8, 4) is 11.5 Å². The van der Waals surface area contributed by atoms with E-state index >= 15 is 0 Å². The summed E-state index contributed by atoms with van der Waals surface area (Å²) < 4.78 is 16.1. The van der Waals surface area contributed by atoms with Crippen LogP contribution < -0.4 is 19.7 Å². The summed E-state index contributed by atoms with van der Waals surface area (Å²) in [6.07, 6.45) is 3.13. The molecule has 0 saturated carbocycles. The quantitative estimate of drug-likeness (QED) is 0.507. The van der Waals surface area contributed by atoms with Gasteiger partial charge in [0.15, 0.2) is 5.78 Å². The van der Waals surface area contributed by atoms with Gasteiger partial charge in [-0.15, -0.1) is 0 Å². The van der Waals surface area contributed by atoms with Gasteiger partial charge in [-0.25, -0.2) is 4.79 Å². The van der Waals surface area contributed by atoms with Crippen molar-refractivity contribution in [3.05, 3.63) is 47.0 Å². The highest BCUT2D eigenvalue weighted by atomic mass is 35.5. The first kappa shape index (κ1) is 25.8. The molecule has 192 valence electrons. The van der Waals surface area contributed by atoms with E-state index in [1.807, 2.05) is 18.2 Å². The lowest BCUT2D eigenvalue weighted by molar-refractivity contribution is -0.120. The van der Waals surface area contributed by atoms with Crippen molar-refractivity contribution in [2.75, 3.05) is 44.1 Å². The normalized spacial score (nSPS) is 17.1. The van der Waals surface area contributed by atoms with E-state index in [0.717, 1.165) is 25.0 Å². The van der Waals surface area contributed by atoms with Crippen molar-refractivity contribution in [2.45, 2.75) is 38.3 Å². The molecule has 4 rings (SSSR count). The second-order valence-corrected chi connectivity index (χ2v) is 9.21. The molecule has 3 amide bonds. The number of hydrogen-bond donors (Lipinski definition) is 1. The van der Waals surface area contributed by atoms with E-state index in [9.17, 15) is 14.4 Å². The molecule has 2 aromatic rings. The van der Waals surface area contributed by atoms with Gasteiger partial charge in [0, 0.05) is 25.6 Å². The minimum atomic E-state index is -0.441. The average Bonchev–Trinajstić information content (AvgIpc) is 3.39. The fourth-order valence-corrected chi connectivity index (χ4v) is 4.75. The Morgan fingerprint density at radius 3 is 2.64 bits per heavy atom. The van der Waals surface area contributed by atoms with Crippen LogP contribution in [0.1, 0.15) is 31.2 Å². The molecule has 10 heteroatoms. The molecule has 0 radical (unpaired) electrons. The maximum Gasteiger partial charge on any atom is 0.325 e. The van der Waals surface area contributed by atoms with Crippen LogP contribution >= 0.6 is 11.6 Å². The predicted octanol–water partition coefficient (Wildman–Crippen LogP) is 4.27. The van der Waals surface area contributed by atoms with Gasteiger partial charge >= 0.3 is 6.03 Å². The molecule has 9 nitrogen and oxygen atoms in total. The third-order valence-corrected chi connectivity index (χ3v) is 6.63. The number of carbonyl (C=O) groups excluding carboxylic acids is 3. The zero-order valence-corrected chi connectivity index (χ0v) is 21.2. The van der Waals surface area contributed by atoms with Gasteiger partial charge in [0.2, 0.25) is 5.91 Å². The monoisotopic (exact) mass is 515 g/mol. The van der Waals surface area contributed by atoms with Gasteiger partial charge in [0.1, 0.15) is 18.0 Å². The number of nitrogens with zero attached hydrogens (tertiary/aromatic N) is 2. The predicted molar refractivity (Wildman–Crippen MR) is 136 cm³/mol. The Morgan fingerprint density at radius 1 is 1.14 bits per heavy atom. The number of methoxy groups -OCH3 is 2. The van der Waals surface area contributed by atoms with Gasteiger partial charge in [-0.1, -0.05) is 29.8 Å². The Bertz CT molecular complexity index is 1130. The standard InChI is InChI=1S/C26H30ClN3O6/c1-34-23-13-24(35-2)21(12-20(23)27)28-25(32)16-30-22-8-4-3-6-17(22)14-29(26(30)33)15-18(31)9-10-19-7-5-11-36-19/h3-4,6,8,12-13,19H,5,7,9-11,14-16H2,1-2H3,(H,28,32). The lowest BCUT2D eigenvalue weighted by Gasteiger charge is -2.36. The van der Waals surface area contributed by atoms with E-state index in [2.05, 4.69) is 5.32 Å².